The minimum atomic E-state index is -4.44. The van der Waals surface area contributed by atoms with Gasteiger partial charge in [-0.15, -0.1) is 11.6 Å². The predicted molar refractivity (Wildman–Crippen MR) is 107 cm³/mol. The van der Waals surface area contributed by atoms with Crippen LogP contribution in [0.1, 0.15) is 22.5 Å². The Balaban J connectivity index is 1.42. The Bertz CT molecular complexity index is 1050. The predicted octanol–water partition coefficient (Wildman–Crippen LogP) is 3.96. The van der Waals surface area contributed by atoms with Gasteiger partial charge < -0.3 is 14.8 Å². The molecule has 2 heterocycles. The standard InChI is InChI=1S/C21H19ClF3N3O2/c22-16-3-1-2-13(11-16)19(29)27-6-8-28(9-7-27)20(30)18-12-14-10-15(21(23,24)25)4-5-17(14)26-18/h1-5,10,12,16,26H,6-9,11H2. The normalized spacial score (nSPS) is 19.9. The summed E-state index contributed by atoms with van der Waals surface area (Å²) >= 11 is 6.08. The maximum absolute atomic E-state index is 12.9. The number of H-pyrrole nitrogens is 1. The van der Waals surface area contributed by atoms with Crippen molar-refractivity contribution in [3.05, 3.63) is 59.3 Å². The van der Waals surface area contributed by atoms with E-state index in [4.69, 9.17) is 11.6 Å². The SMILES string of the molecule is O=C(C1=CC=CC(Cl)C1)N1CCN(C(=O)c2cc3cc(C(F)(F)F)ccc3[nH]2)CC1. The van der Waals surface area contributed by atoms with Gasteiger partial charge in [-0.3, -0.25) is 9.59 Å². The Morgan fingerprint density at radius 1 is 1.03 bits per heavy atom. The van der Waals surface area contributed by atoms with E-state index in [1.807, 2.05) is 6.08 Å². The highest BCUT2D eigenvalue weighted by Gasteiger charge is 2.31. The van der Waals surface area contributed by atoms with E-state index in [-0.39, 0.29) is 22.9 Å². The van der Waals surface area contributed by atoms with Gasteiger partial charge in [-0.2, -0.15) is 13.2 Å². The number of nitrogens with one attached hydrogen (secondary N) is 1. The second kappa shape index (κ2) is 7.83. The van der Waals surface area contributed by atoms with Crippen LogP contribution in [-0.4, -0.2) is 58.2 Å². The van der Waals surface area contributed by atoms with Crippen molar-refractivity contribution in [2.24, 2.45) is 0 Å². The van der Waals surface area contributed by atoms with Crippen LogP contribution < -0.4 is 0 Å². The number of rotatable bonds is 2. The Labute approximate surface area is 175 Å². The minimum Gasteiger partial charge on any atom is -0.351 e. The van der Waals surface area contributed by atoms with Crippen LogP contribution >= 0.6 is 11.6 Å². The van der Waals surface area contributed by atoms with E-state index in [0.717, 1.165) is 12.1 Å². The van der Waals surface area contributed by atoms with Crippen molar-refractivity contribution in [1.29, 1.82) is 0 Å². The van der Waals surface area contributed by atoms with Gasteiger partial charge in [-0.25, -0.2) is 0 Å². The molecule has 0 bridgehead atoms. The van der Waals surface area contributed by atoms with Crippen molar-refractivity contribution in [1.82, 2.24) is 14.8 Å². The zero-order chi connectivity index (χ0) is 21.5. The smallest absolute Gasteiger partial charge is 0.351 e. The van der Waals surface area contributed by atoms with Gasteiger partial charge in [0.1, 0.15) is 5.69 Å². The fraction of sp³-hybridized carbons (Fsp3) is 0.333. The largest absolute Gasteiger partial charge is 0.416 e. The first-order valence-electron chi connectivity index (χ1n) is 9.52. The van der Waals surface area contributed by atoms with Crippen LogP contribution in [0, 0.1) is 0 Å². The van der Waals surface area contributed by atoms with Gasteiger partial charge in [0.15, 0.2) is 0 Å². The zero-order valence-electron chi connectivity index (χ0n) is 15.9. The zero-order valence-corrected chi connectivity index (χ0v) is 16.6. The fourth-order valence-corrected chi connectivity index (χ4v) is 3.96. The number of hydrogen-bond acceptors (Lipinski definition) is 2. The Morgan fingerprint density at radius 2 is 1.70 bits per heavy atom. The summed E-state index contributed by atoms with van der Waals surface area (Å²) < 4.78 is 38.7. The van der Waals surface area contributed by atoms with E-state index in [2.05, 4.69) is 4.98 Å². The summed E-state index contributed by atoms with van der Waals surface area (Å²) in [6.07, 6.45) is 1.40. The number of aromatic amines is 1. The topological polar surface area (TPSA) is 56.4 Å². The van der Waals surface area contributed by atoms with Crippen LogP contribution in [0.25, 0.3) is 10.9 Å². The summed E-state index contributed by atoms with van der Waals surface area (Å²) in [5, 5.41) is 0.131. The number of allylic oxidation sites excluding steroid dienone is 3. The third-order valence-corrected chi connectivity index (χ3v) is 5.64. The fourth-order valence-electron chi connectivity index (χ4n) is 3.71. The number of benzene rings is 1. The first-order valence-corrected chi connectivity index (χ1v) is 9.96. The summed E-state index contributed by atoms with van der Waals surface area (Å²) in [6.45, 7) is 1.47. The van der Waals surface area contributed by atoms with Gasteiger partial charge in [-0.05, 0) is 30.7 Å². The summed E-state index contributed by atoms with van der Waals surface area (Å²) in [4.78, 5) is 31.6. The lowest BCUT2D eigenvalue weighted by molar-refractivity contribution is -0.137. The third-order valence-electron chi connectivity index (χ3n) is 5.34. The van der Waals surface area contributed by atoms with E-state index in [9.17, 15) is 22.8 Å². The van der Waals surface area contributed by atoms with Crippen molar-refractivity contribution < 1.29 is 22.8 Å². The Morgan fingerprint density at radius 3 is 2.33 bits per heavy atom. The molecule has 1 N–H and O–H groups in total. The minimum absolute atomic E-state index is 0.0811. The molecule has 2 aliphatic rings. The van der Waals surface area contributed by atoms with Crippen LogP contribution in [0.5, 0.6) is 0 Å². The molecule has 1 atom stereocenters. The Kier molecular flexibility index (Phi) is 5.36. The molecule has 1 aliphatic heterocycles. The molecule has 30 heavy (non-hydrogen) atoms. The molecular weight excluding hydrogens is 419 g/mol. The average Bonchev–Trinajstić information content (AvgIpc) is 3.15. The van der Waals surface area contributed by atoms with Crippen molar-refractivity contribution >= 4 is 34.3 Å². The monoisotopic (exact) mass is 437 g/mol. The molecule has 158 valence electrons. The van der Waals surface area contributed by atoms with Crippen LogP contribution in [0.3, 0.4) is 0 Å². The first kappa shape index (κ1) is 20.5. The van der Waals surface area contributed by atoms with Crippen LogP contribution in [0.15, 0.2) is 48.1 Å². The van der Waals surface area contributed by atoms with Crippen LogP contribution in [-0.2, 0) is 11.0 Å². The average molecular weight is 438 g/mol. The molecule has 1 fully saturated rings. The van der Waals surface area contributed by atoms with E-state index in [0.29, 0.717) is 49.1 Å². The van der Waals surface area contributed by atoms with Gasteiger partial charge in [0.25, 0.3) is 5.91 Å². The van der Waals surface area contributed by atoms with E-state index < -0.39 is 11.7 Å². The number of hydrogen-bond donors (Lipinski definition) is 1. The molecule has 1 aromatic carbocycles. The molecule has 2 aromatic rings. The summed E-state index contributed by atoms with van der Waals surface area (Å²) in [5.41, 5.74) is 0.585. The summed E-state index contributed by atoms with van der Waals surface area (Å²) in [7, 11) is 0. The molecule has 5 nitrogen and oxygen atoms in total. The maximum atomic E-state index is 12.9. The molecule has 0 saturated carbocycles. The number of halogens is 4. The first-order chi connectivity index (χ1) is 14.2. The second-order valence-electron chi connectivity index (χ2n) is 7.36. The third kappa shape index (κ3) is 4.09. The van der Waals surface area contributed by atoms with Gasteiger partial charge in [0, 0.05) is 42.7 Å². The molecule has 1 saturated heterocycles. The maximum Gasteiger partial charge on any atom is 0.416 e. The summed E-state index contributed by atoms with van der Waals surface area (Å²) in [6, 6.07) is 4.76. The number of carbonyl (C=O) groups is 2. The van der Waals surface area contributed by atoms with Gasteiger partial charge >= 0.3 is 6.18 Å². The molecule has 9 heteroatoms. The number of amides is 2. The van der Waals surface area contributed by atoms with Crippen molar-refractivity contribution in [2.45, 2.75) is 18.0 Å². The number of nitrogens with zero attached hydrogens (tertiary/aromatic N) is 2. The number of aromatic nitrogens is 1. The molecule has 0 radical (unpaired) electrons. The molecule has 4 rings (SSSR count). The van der Waals surface area contributed by atoms with Crippen LogP contribution in [0.4, 0.5) is 13.2 Å². The van der Waals surface area contributed by atoms with E-state index in [1.165, 1.54) is 12.1 Å². The molecule has 0 spiro atoms. The van der Waals surface area contributed by atoms with Crippen molar-refractivity contribution in [3.63, 3.8) is 0 Å². The molecule has 1 aromatic heterocycles. The van der Waals surface area contributed by atoms with E-state index >= 15 is 0 Å². The number of fused-ring (bicyclic) bond motifs is 1. The second-order valence-corrected chi connectivity index (χ2v) is 7.92. The number of piperazine rings is 1. The lowest BCUT2D eigenvalue weighted by Crippen LogP contribution is -2.51. The van der Waals surface area contributed by atoms with Crippen LogP contribution in [0.2, 0.25) is 0 Å². The van der Waals surface area contributed by atoms with E-state index in [1.54, 1.807) is 22.0 Å². The lowest BCUT2D eigenvalue weighted by Gasteiger charge is -2.35. The summed E-state index contributed by atoms with van der Waals surface area (Å²) in [5.74, 6) is -0.380. The molecule has 2 amide bonds. The highest BCUT2D eigenvalue weighted by molar-refractivity contribution is 6.22. The lowest BCUT2D eigenvalue weighted by atomic mass is 10.0. The van der Waals surface area contributed by atoms with Gasteiger partial charge in [0.05, 0.1) is 10.9 Å². The molecule has 1 unspecified atom stereocenters. The quantitative estimate of drug-likeness (QED) is 0.723. The highest BCUT2D eigenvalue weighted by Crippen LogP contribution is 2.31. The number of carbonyl (C=O) groups excluding carboxylic acids is 2. The van der Waals surface area contributed by atoms with Crippen molar-refractivity contribution in [2.75, 3.05) is 26.2 Å². The van der Waals surface area contributed by atoms with Gasteiger partial charge in [-0.1, -0.05) is 18.2 Å². The number of alkyl halides is 4. The molecular formula is C21H19ClF3N3O2. The van der Waals surface area contributed by atoms with Gasteiger partial charge in [0.2, 0.25) is 5.91 Å². The Hall–Kier alpha value is -2.74. The van der Waals surface area contributed by atoms with Crippen molar-refractivity contribution in [3.8, 4) is 0 Å². The molecule has 1 aliphatic carbocycles. The highest BCUT2D eigenvalue weighted by atomic mass is 35.5.